The maximum atomic E-state index is 11.3. The van der Waals surface area contributed by atoms with Crippen molar-refractivity contribution in [1.29, 1.82) is 0 Å². The fraction of sp³-hybridized carbons (Fsp3) is 0.875. The van der Waals surface area contributed by atoms with Gasteiger partial charge in [0.25, 0.3) is 5.91 Å². The van der Waals surface area contributed by atoms with Crippen molar-refractivity contribution in [3.05, 3.63) is 0 Å². The molecule has 0 atom stereocenters. The van der Waals surface area contributed by atoms with E-state index in [0.717, 1.165) is 25.7 Å². The number of carbonyl (C=O) groups excluding carboxylic acids is 1. The summed E-state index contributed by atoms with van der Waals surface area (Å²) >= 11 is 0. The first-order valence-electron chi connectivity index (χ1n) is 4.38. The van der Waals surface area contributed by atoms with Crippen LogP contribution in [0.2, 0.25) is 0 Å². The van der Waals surface area contributed by atoms with E-state index in [1.807, 2.05) is 0 Å². The van der Waals surface area contributed by atoms with Gasteiger partial charge in [-0.25, -0.2) is 5.48 Å². The van der Waals surface area contributed by atoms with Crippen molar-refractivity contribution in [2.24, 2.45) is 0 Å². The second-order valence-corrected chi connectivity index (χ2v) is 3.33. The fourth-order valence-electron chi connectivity index (χ4n) is 1.85. The summed E-state index contributed by atoms with van der Waals surface area (Å²) in [5.74, 6) is -0.301. The van der Waals surface area contributed by atoms with Crippen LogP contribution < -0.4 is 10.8 Å². The normalized spacial score (nSPS) is 21.8. The van der Waals surface area contributed by atoms with E-state index in [9.17, 15) is 4.79 Å². The highest BCUT2D eigenvalue weighted by molar-refractivity contribution is 5.85. The van der Waals surface area contributed by atoms with Crippen LogP contribution >= 0.6 is 0 Å². The van der Waals surface area contributed by atoms with E-state index < -0.39 is 5.54 Å². The Balaban J connectivity index is 2.66. The Morgan fingerprint density at radius 2 is 1.92 bits per heavy atom. The average molecular weight is 172 g/mol. The van der Waals surface area contributed by atoms with Gasteiger partial charge in [-0.3, -0.25) is 10.0 Å². The van der Waals surface area contributed by atoms with Crippen molar-refractivity contribution < 1.29 is 10.0 Å². The van der Waals surface area contributed by atoms with Crippen LogP contribution in [-0.4, -0.2) is 23.7 Å². The predicted octanol–water partition coefficient (Wildman–Crippen LogP) is 0.414. The van der Waals surface area contributed by atoms with Crippen molar-refractivity contribution >= 4 is 5.91 Å². The van der Waals surface area contributed by atoms with Gasteiger partial charge in [-0.05, 0) is 19.9 Å². The van der Waals surface area contributed by atoms with Gasteiger partial charge >= 0.3 is 0 Å². The highest BCUT2D eigenvalue weighted by Crippen LogP contribution is 2.27. The molecule has 12 heavy (non-hydrogen) atoms. The predicted molar refractivity (Wildman–Crippen MR) is 44.8 cm³/mol. The second kappa shape index (κ2) is 3.87. The van der Waals surface area contributed by atoms with E-state index in [0.29, 0.717) is 0 Å². The second-order valence-electron chi connectivity index (χ2n) is 3.33. The van der Waals surface area contributed by atoms with Crippen molar-refractivity contribution in [2.75, 3.05) is 7.05 Å². The highest BCUT2D eigenvalue weighted by atomic mass is 16.5. The van der Waals surface area contributed by atoms with E-state index >= 15 is 0 Å². The van der Waals surface area contributed by atoms with E-state index in [2.05, 4.69) is 5.32 Å². The first-order valence-corrected chi connectivity index (χ1v) is 4.38. The Morgan fingerprint density at radius 3 is 2.33 bits per heavy atom. The number of hydrogen-bond acceptors (Lipinski definition) is 3. The van der Waals surface area contributed by atoms with Crippen molar-refractivity contribution in [3.63, 3.8) is 0 Å². The summed E-state index contributed by atoms with van der Waals surface area (Å²) in [6.45, 7) is 0. The molecule has 0 aromatic rings. The number of hydrogen-bond donors (Lipinski definition) is 3. The van der Waals surface area contributed by atoms with Crippen molar-refractivity contribution in [2.45, 2.75) is 37.6 Å². The van der Waals surface area contributed by atoms with E-state index in [1.165, 1.54) is 6.42 Å². The lowest BCUT2D eigenvalue weighted by atomic mass is 9.81. The molecule has 1 amide bonds. The van der Waals surface area contributed by atoms with E-state index in [1.54, 1.807) is 12.5 Å². The molecule has 1 rings (SSSR count). The van der Waals surface area contributed by atoms with Crippen LogP contribution in [0, 0.1) is 0 Å². The van der Waals surface area contributed by atoms with Gasteiger partial charge in [-0.15, -0.1) is 0 Å². The minimum Gasteiger partial charge on any atom is -0.306 e. The monoisotopic (exact) mass is 172 g/mol. The third-order valence-corrected chi connectivity index (χ3v) is 2.72. The van der Waals surface area contributed by atoms with Crippen LogP contribution in [0.15, 0.2) is 0 Å². The fourth-order valence-corrected chi connectivity index (χ4v) is 1.85. The molecule has 0 heterocycles. The molecule has 0 radical (unpaired) electrons. The molecular weight excluding hydrogens is 156 g/mol. The lowest BCUT2D eigenvalue weighted by Gasteiger charge is -2.34. The Bertz CT molecular complexity index is 164. The number of nitrogens with one attached hydrogen (secondary N) is 2. The van der Waals surface area contributed by atoms with Crippen LogP contribution in [0.3, 0.4) is 0 Å². The van der Waals surface area contributed by atoms with Gasteiger partial charge in [0.1, 0.15) is 0 Å². The van der Waals surface area contributed by atoms with Gasteiger partial charge in [0.05, 0.1) is 5.54 Å². The molecule has 1 aliphatic carbocycles. The van der Waals surface area contributed by atoms with Gasteiger partial charge in [-0.2, -0.15) is 0 Å². The molecule has 0 aromatic carbocycles. The molecule has 1 aliphatic rings. The molecule has 4 nitrogen and oxygen atoms in total. The van der Waals surface area contributed by atoms with Crippen LogP contribution in [0.1, 0.15) is 32.1 Å². The van der Waals surface area contributed by atoms with Gasteiger partial charge in [-0.1, -0.05) is 19.3 Å². The summed E-state index contributed by atoms with van der Waals surface area (Å²) in [5.41, 5.74) is 1.20. The molecule has 0 spiro atoms. The third-order valence-electron chi connectivity index (χ3n) is 2.72. The Kier molecular flexibility index (Phi) is 3.05. The number of hydroxylamine groups is 1. The Morgan fingerprint density at radius 1 is 1.33 bits per heavy atom. The third kappa shape index (κ3) is 1.59. The smallest absolute Gasteiger partial charge is 0.263 e. The van der Waals surface area contributed by atoms with Gasteiger partial charge < -0.3 is 5.32 Å². The topological polar surface area (TPSA) is 61.4 Å². The summed E-state index contributed by atoms with van der Waals surface area (Å²) < 4.78 is 0. The maximum Gasteiger partial charge on any atom is 0.263 e. The summed E-state index contributed by atoms with van der Waals surface area (Å²) in [4.78, 5) is 11.3. The molecule has 0 aromatic heterocycles. The Labute approximate surface area is 72.3 Å². The molecular formula is C8H16N2O2. The number of likely N-dealkylation sites (N-methyl/N-ethyl adjacent to an activating group) is 1. The summed E-state index contributed by atoms with van der Waals surface area (Å²) in [7, 11) is 1.76. The van der Waals surface area contributed by atoms with E-state index in [-0.39, 0.29) is 5.91 Å². The standard InChI is InChI=1S/C8H16N2O2/c1-9-8(7(11)10-12)5-3-2-4-6-8/h9,12H,2-6H2,1H3,(H,10,11). The van der Waals surface area contributed by atoms with Crippen LogP contribution in [-0.2, 0) is 4.79 Å². The molecule has 0 bridgehead atoms. The number of rotatable bonds is 2. The van der Waals surface area contributed by atoms with E-state index in [4.69, 9.17) is 5.21 Å². The molecule has 4 heteroatoms. The van der Waals surface area contributed by atoms with Crippen LogP contribution in [0.5, 0.6) is 0 Å². The average Bonchev–Trinajstić information content (AvgIpc) is 2.17. The van der Waals surface area contributed by atoms with Gasteiger partial charge in [0.15, 0.2) is 0 Å². The first kappa shape index (κ1) is 9.48. The van der Waals surface area contributed by atoms with Gasteiger partial charge in [0, 0.05) is 0 Å². The maximum absolute atomic E-state index is 11.3. The van der Waals surface area contributed by atoms with Gasteiger partial charge in [0.2, 0.25) is 0 Å². The molecule has 0 aliphatic heterocycles. The molecule has 0 saturated heterocycles. The molecule has 70 valence electrons. The zero-order valence-electron chi connectivity index (χ0n) is 7.39. The van der Waals surface area contributed by atoms with Crippen molar-refractivity contribution in [3.8, 4) is 0 Å². The molecule has 1 fully saturated rings. The minimum absolute atomic E-state index is 0.301. The highest BCUT2D eigenvalue weighted by Gasteiger charge is 2.37. The summed E-state index contributed by atoms with van der Waals surface area (Å²) in [5, 5.41) is 11.5. The zero-order valence-corrected chi connectivity index (χ0v) is 7.39. The van der Waals surface area contributed by atoms with Crippen LogP contribution in [0.25, 0.3) is 0 Å². The summed E-state index contributed by atoms with van der Waals surface area (Å²) in [6, 6.07) is 0. The molecule has 0 unspecified atom stereocenters. The number of carbonyl (C=O) groups is 1. The summed E-state index contributed by atoms with van der Waals surface area (Å²) in [6.07, 6.45) is 4.91. The lowest BCUT2D eigenvalue weighted by Crippen LogP contribution is -2.56. The van der Waals surface area contributed by atoms with Crippen molar-refractivity contribution in [1.82, 2.24) is 10.8 Å². The molecule has 3 N–H and O–H groups in total. The SMILES string of the molecule is CNC1(C(=O)NO)CCCCC1. The van der Waals surface area contributed by atoms with Crippen LogP contribution in [0.4, 0.5) is 0 Å². The number of amides is 1. The Hall–Kier alpha value is -0.610. The largest absolute Gasteiger partial charge is 0.306 e. The lowest BCUT2D eigenvalue weighted by molar-refractivity contribution is -0.137. The zero-order chi connectivity index (χ0) is 9.03. The first-order chi connectivity index (χ1) is 5.75. The minimum atomic E-state index is -0.521. The quantitative estimate of drug-likeness (QED) is 0.418. The molecule has 1 saturated carbocycles.